The van der Waals surface area contributed by atoms with Crippen LogP contribution < -0.4 is 0 Å². The summed E-state index contributed by atoms with van der Waals surface area (Å²) in [6, 6.07) is 0. The summed E-state index contributed by atoms with van der Waals surface area (Å²) in [5, 5.41) is 0. The number of alkyl halides is 3. The number of carbonyl (C=O) groups is 2. The van der Waals surface area contributed by atoms with Gasteiger partial charge in [0.05, 0.1) is 13.5 Å². The van der Waals surface area contributed by atoms with E-state index in [1.807, 2.05) is 0 Å². The van der Waals surface area contributed by atoms with Crippen LogP contribution in [0.25, 0.3) is 0 Å². The van der Waals surface area contributed by atoms with E-state index in [2.05, 4.69) is 4.74 Å². The molecule has 0 saturated carbocycles. The van der Waals surface area contributed by atoms with E-state index in [1.54, 1.807) is 6.92 Å². The molecule has 1 amide bonds. The Morgan fingerprint density at radius 1 is 1.31 bits per heavy atom. The first-order chi connectivity index (χ1) is 7.30. The molecule has 0 rings (SSSR count). The zero-order chi connectivity index (χ0) is 12.8. The predicted molar refractivity (Wildman–Crippen MR) is 49.6 cm³/mol. The van der Waals surface area contributed by atoms with Gasteiger partial charge in [-0.25, -0.2) is 0 Å². The zero-order valence-electron chi connectivity index (χ0n) is 9.13. The molecule has 0 atom stereocenters. The van der Waals surface area contributed by atoms with E-state index in [0.717, 1.165) is 4.90 Å². The first-order valence-corrected chi connectivity index (χ1v) is 4.71. The lowest BCUT2D eigenvalue weighted by Gasteiger charge is -2.20. The van der Waals surface area contributed by atoms with Gasteiger partial charge in [0.25, 0.3) is 0 Å². The van der Waals surface area contributed by atoms with E-state index in [1.165, 1.54) is 7.11 Å². The molecule has 0 N–H and O–H groups in total. The zero-order valence-corrected chi connectivity index (χ0v) is 9.13. The summed E-state index contributed by atoms with van der Waals surface area (Å²) in [7, 11) is 1.18. The number of hydrogen-bond acceptors (Lipinski definition) is 3. The minimum Gasteiger partial charge on any atom is -0.469 e. The van der Waals surface area contributed by atoms with E-state index in [9.17, 15) is 22.8 Å². The number of nitrogens with zero attached hydrogens (tertiary/aromatic N) is 1. The van der Waals surface area contributed by atoms with Crippen LogP contribution in [0.4, 0.5) is 13.2 Å². The van der Waals surface area contributed by atoms with Crippen LogP contribution in [0.15, 0.2) is 0 Å². The third-order valence-corrected chi connectivity index (χ3v) is 1.90. The Morgan fingerprint density at radius 2 is 1.88 bits per heavy atom. The molecule has 0 aliphatic rings. The molecule has 0 saturated heterocycles. The maximum Gasteiger partial charge on any atom is 0.397 e. The fourth-order valence-electron chi connectivity index (χ4n) is 1.07. The quantitative estimate of drug-likeness (QED) is 0.682. The van der Waals surface area contributed by atoms with Crippen LogP contribution in [0.5, 0.6) is 0 Å². The standard InChI is InChI=1S/C9H14F3NO3/c1-3-13(5-4-8(15)16-2)7(14)6-9(10,11)12/h3-6H2,1-2H3. The summed E-state index contributed by atoms with van der Waals surface area (Å²) in [5.41, 5.74) is 0. The van der Waals surface area contributed by atoms with Crippen LogP contribution in [0.1, 0.15) is 19.8 Å². The van der Waals surface area contributed by atoms with Crippen LogP contribution in [0.2, 0.25) is 0 Å². The summed E-state index contributed by atoms with van der Waals surface area (Å²) < 4.78 is 40.1. The molecular weight excluding hydrogens is 227 g/mol. The first-order valence-electron chi connectivity index (χ1n) is 4.71. The highest BCUT2D eigenvalue weighted by Gasteiger charge is 2.33. The van der Waals surface area contributed by atoms with Crippen LogP contribution in [0.3, 0.4) is 0 Å². The molecule has 0 unspecified atom stereocenters. The van der Waals surface area contributed by atoms with Crippen molar-refractivity contribution in [3.05, 3.63) is 0 Å². The van der Waals surface area contributed by atoms with Gasteiger partial charge in [-0.05, 0) is 6.92 Å². The number of carbonyl (C=O) groups excluding carboxylic acids is 2. The van der Waals surface area contributed by atoms with E-state index >= 15 is 0 Å². The molecular formula is C9H14F3NO3. The van der Waals surface area contributed by atoms with Gasteiger partial charge >= 0.3 is 12.1 Å². The molecule has 0 aromatic carbocycles. The van der Waals surface area contributed by atoms with Gasteiger partial charge in [-0.15, -0.1) is 0 Å². The maximum atomic E-state index is 11.9. The summed E-state index contributed by atoms with van der Waals surface area (Å²) in [6.07, 6.45) is -6.12. The lowest BCUT2D eigenvalue weighted by atomic mass is 10.3. The minimum atomic E-state index is -4.52. The van der Waals surface area contributed by atoms with E-state index in [0.29, 0.717) is 0 Å². The van der Waals surface area contributed by atoms with Gasteiger partial charge in [-0.2, -0.15) is 13.2 Å². The molecule has 0 fully saturated rings. The van der Waals surface area contributed by atoms with Crippen molar-refractivity contribution in [2.24, 2.45) is 0 Å². The molecule has 7 heteroatoms. The molecule has 0 spiro atoms. The van der Waals surface area contributed by atoms with Gasteiger partial charge < -0.3 is 9.64 Å². The van der Waals surface area contributed by atoms with Crippen molar-refractivity contribution in [3.63, 3.8) is 0 Å². The number of hydrogen-bond donors (Lipinski definition) is 0. The third kappa shape index (κ3) is 6.26. The van der Waals surface area contributed by atoms with Crippen LogP contribution in [0, 0.1) is 0 Å². The van der Waals surface area contributed by atoms with E-state index < -0.39 is 24.5 Å². The van der Waals surface area contributed by atoms with Crippen molar-refractivity contribution in [2.75, 3.05) is 20.2 Å². The summed E-state index contributed by atoms with van der Waals surface area (Å²) in [4.78, 5) is 22.9. The second-order valence-corrected chi connectivity index (χ2v) is 3.09. The average molecular weight is 241 g/mol. The molecule has 0 bridgehead atoms. The second-order valence-electron chi connectivity index (χ2n) is 3.09. The van der Waals surface area contributed by atoms with Gasteiger partial charge in [0.15, 0.2) is 0 Å². The maximum absolute atomic E-state index is 11.9. The molecule has 0 aromatic rings. The molecule has 94 valence electrons. The van der Waals surface area contributed by atoms with Gasteiger partial charge in [0.2, 0.25) is 5.91 Å². The SMILES string of the molecule is CCN(CCC(=O)OC)C(=O)CC(F)(F)F. The van der Waals surface area contributed by atoms with Gasteiger partial charge in [-0.1, -0.05) is 0 Å². The Morgan fingerprint density at radius 3 is 2.25 bits per heavy atom. The number of methoxy groups -OCH3 is 1. The highest BCUT2D eigenvalue weighted by molar-refractivity contribution is 5.77. The number of halogens is 3. The van der Waals surface area contributed by atoms with Crippen molar-refractivity contribution >= 4 is 11.9 Å². The number of amides is 1. The first kappa shape index (κ1) is 14.7. The predicted octanol–water partition coefficient (Wildman–Crippen LogP) is 1.35. The summed E-state index contributed by atoms with van der Waals surface area (Å²) >= 11 is 0. The lowest BCUT2D eigenvalue weighted by Crippen LogP contribution is -2.35. The number of ether oxygens (including phenoxy) is 1. The molecule has 0 aromatic heterocycles. The van der Waals surface area contributed by atoms with Crippen LogP contribution in [-0.2, 0) is 14.3 Å². The molecule has 0 radical (unpaired) electrons. The van der Waals surface area contributed by atoms with Crippen molar-refractivity contribution in [1.29, 1.82) is 0 Å². The highest BCUT2D eigenvalue weighted by atomic mass is 19.4. The van der Waals surface area contributed by atoms with Crippen LogP contribution in [-0.4, -0.2) is 43.2 Å². The van der Waals surface area contributed by atoms with Gasteiger partial charge in [-0.3, -0.25) is 9.59 Å². The average Bonchev–Trinajstić information content (AvgIpc) is 2.15. The van der Waals surface area contributed by atoms with Crippen molar-refractivity contribution in [3.8, 4) is 0 Å². The molecule has 0 aliphatic carbocycles. The summed E-state index contributed by atoms with van der Waals surface area (Å²) in [6.45, 7) is 1.62. The smallest absolute Gasteiger partial charge is 0.397 e. The highest BCUT2D eigenvalue weighted by Crippen LogP contribution is 2.20. The Kier molecular flexibility index (Phi) is 5.84. The third-order valence-electron chi connectivity index (χ3n) is 1.90. The van der Waals surface area contributed by atoms with E-state index in [4.69, 9.17) is 0 Å². The minimum absolute atomic E-state index is 0.0575. The Hall–Kier alpha value is -1.27. The Labute approximate surface area is 91.4 Å². The van der Waals surface area contributed by atoms with Crippen LogP contribution >= 0.6 is 0 Å². The Bertz CT molecular complexity index is 253. The largest absolute Gasteiger partial charge is 0.469 e. The normalized spacial score (nSPS) is 11.1. The monoisotopic (exact) mass is 241 g/mol. The molecule has 0 heterocycles. The second kappa shape index (κ2) is 6.34. The Balaban J connectivity index is 4.17. The van der Waals surface area contributed by atoms with Gasteiger partial charge in [0, 0.05) is 13.1 Å². The van der Waals surface area contributed by atoms with Crippen molar-refractivity contribution in [2.45, 2.75) is 25.9 Å². The molecule has 16 heavy (non-hydrogen) atoms. The number of rotatable bonds is 5. The van der Waals surface area contributed by atoms with Crippen molar-refractivity contribution in [1.82, 2.24) is 4.90 Å². The van der Waals surface area contributed by atoms with Gasteiger partial charge in [0.1, 0.15) is 6.42 Å². The molecule has 0 aliphatic heterocycles. The molecule has 4 nitrogen and oxygen atoms in total. The summed E-state index contributed by atoms with van der Waals surface area (Å²) in [5.74, 6) is -1.59. The lowest BCUT2D eigenvalue weighted by molar-refractivity contribution is -0.161. The van der Waals surface area contributed by atoms with E-state index in [-0.39, 0.29) is 19.5 Å². The van der Waals surface area contributed by atoms with Crippen molar-refractivity contribution < 1.29 is 27.5 Å². The number of esters is 1. The fourth-order valence-corrected chi connectivity index (χ4v) is 1.07. The topological polar surface area (TPSA) is 46.6 Å². The fraction of sp³-hybridized carbons (Fsp3) is 0.778.